The number of nitrogens with zero attached hydrogens (tertiary/aromatic N) is 2. The van der Waals surface area contributed by atoms with Gasteiger partial charge in [-0.3, -0.25) is 9.69 Å². The van der Waals surface area contributed by atoms with E-state index in [1.165, 1.54) is 25.0 Å². The number of piperidine rings is 2. The number of hydrogen-bond acceptors (Lipinski definition) is 4. The number of amides is 1. The quantitative estimate of drug-likeness (QED) is 0.358. The van der Waals surface area contributed by atoms with Crippen molar-refractivity contribution in [3.8, 4) is 0 Å². The van der Waals surface area contributed by atoms with Crippen LogP contribution in [0.3, 0.4) is 0 Å². The molecule has 3 aliphatic rings. The van der Waals surface area contributed by atoms with E-state index in [-0.39, 0.29) is 28.6 Å². The minimum Gasteiger partial charge on any atom is -0.382 e. The minimum atomic E-state index is -4.27. The fourth-order valence-corrected chi connectivity index (χ4v) is 6.09. The summed E-state index contributed by atoms with van der Waals surface area (Å²) >= 11 is 5.93. The first-order valence-corrected chi connectivity index (χ1v) is 14.1. The fourth-order valence-electron chi connectivity index (χ4n) is 5.39. The number of allylic oxidation sites excluding steroid dienone is 2. The van der Waals surface area contributed by atoms with Crippen molar-refractivity contribution in [1.29, 1.82) is 0 Å². The summed E-state index contributed by atoms with van der Waals surface area (Å²) in [5.74, 6) is 0.951. The van der Waals surface area contributed by atoms with Gasteiger partial charge < -0.3 is 10.2 Å². The Labute approximate surface area is 221 Å². The molecule has 2 aliphatic heterocycles. The molecule has 2 saturated heterocycles. The molecule has 1 aromatic carbocycles. The number of thioether (sulfide) groups is 1. The Morgan fingerprint density at radius 3 is 2.36 bits per heavy atom. The maximum absolute atomic E-state index is 12.7. The fraction of sp³-hybridized carbons (Fsp3) is 0.593. The Morgan fingerprint density at radius 2 is 1.75 bits per heavy atom. The number of nitrogens with one attached hydrogen (secondary N) is 1. The van der Waals surface area contributed by atoms with Crippen LogP contribution in [0.1, 0.15) is 51.4 Å². The Balaban J connectivity index is 1.09. The van der Waals surface area contributed by atoms with Gasteiger partial charge in [0.25, 0.3) is 0 Å². The van der Waals surface area contributed by atoms with Crippen molar-refractivity contribution < 1.29 is 18.0 Å². The van der Waals surface area contributed by atoms with Crippen molar-refractivity contribution >= 4 is 35.0 Å². The summed E-state index contributed by atoms with van der Waals surface area (Å²) in [6.45, 7) is 3.68. The van der Waals surface area contributed by atoms with E-state index in [0.29, 0.717) is 18.4 Å². The zero-order valence-electron chi connectivity index (χ0n) is 20.5. The van der Waals surface area contributed by atoms with Crippen LogP contribution in [0.2, 0.25) is 0 Å². The van der Waals surface area contributed by atoms with Gasteiger partial charge in [0.15, 0.2) is 0 Å². The second-order valence-corrected chi connectivity index (χ2v) is 11.6. The summed E-state index contributed by atoms with van der Waals surface area (Å²) in [5.41, 5.74) is -3.46. The number of anilines is 1. The van der Waals surface area contributed by atoms with Crippen molar-refractivity contribution in [3.05, 3.63) is 47.5 Å². The van der Waals surface area contributed by atoms with E-state index in [4.69, 9.17) is 11.6 Å². The molecule has 0 spiro atoms. The number of rotatable bonds is 8. The van der Waals surface area contributed by atoms with Crippen molar-refractivity contribution in [1.82, 2.24) is 9.80 Å². The molecule has 0 saturated carbocycles. The van der Waals surface area contributed by atoms with Gasteiger partial charge in [-0.05, 0) is 106 Å². The number of hydrogen-bond donors (Lipinski definition) is 1. The summed E-state index contributed by atoms with van der Waals surface area (Å²) in [4.78, 5) is 17.4. The van der Waals surface area contributed by atoms with E-state index >= 15 is 0 Å². The van der Waals surface area contributed by atoms with Gasteiger partial charge in [0.05, 0.1) is 0 Å². The molecule has 2 fully saturated rings. The highest BCUT2D eigenvalue weighted by atomic mass is 35.5. The highest BCUT2D eigenvalue weighted by molar-refractivity contribution is 8.00. The molecule has 4 nitrogen and oxygen atoms in total. The van der Waals surface area contributed by atoms with Crippen LogP contribution in [0.4, 0.5) is 18.9 Å². The highest BCUT2D eigenvalue weighted by Crippen LogP contribution is 2.37. The molecule has 1 amide bonds. The van der Waals surface area contributed by atoms with E-state index in [0.717, 1.165) is 69.0 Å². The molecular weight excluding hydrogens is 507 g/mol. The molecule has 0 radical (unpaired) electrons. The van der Waals surface area contributed by atoms with Gasteiger partial charge in [0, 0.05) is 47.2 Å². The second-order valence-electron chi connectivity index (χ2n) is 9.99. The molecule has 2 heterocycles. The van der Waals surface area contributed by atoms with Gasteiger partial charge in [-0.2, -0.15) is 13.2 Å². The Kier molecular flexibility index (Phi) is 9.70. The molecule has 4 rings (SSSR count). The average Bonchev–Trinajstić information content (AvgIpc) is 2.86. The zero-order valence-corrected chi connectivity index (χ0v) is 22.1. The normalized spacial score (nSPS) is 22.5. The molecule has 0 bridgehead atoms. The van der Waals surface area contributed by atoms with Gasteiger partial charge >= 0.3 is 5.51 Å². The third kappa shape index (κ3) is 8.45. The molecule has 198 valence electrons. The molecule has 1 atom stereocenters. The second kappa shape index (κ2) is 12.7. The Bertz CT molecular complexity index is 921. The van der Waals surface area contributed by atoms with Crippen LogP contribution in [-0.4, -0.2) is 59.5 Å². The lowest BCUT2D eigenvalue weighted by Crippen LogP contribution is -2.42. The van der Waals surface area contributed by atoms with Crippen LogP contribution in [0.15, 0.2) is 52.4 Å². The topological polar surface area (TPSA) is 35.6 Å². The summed E-state index contributed by atoms with van der Waals surface area (Å²) in [6.07, 6.45) is 14.1. The van der Waals surface area contributed by atoms with E-state index in [9.17, 15) is 18.0 Å². The number of likely N-dealkylation sites (tertiary alicyclic amines) is 2. The van der Waals surface area contributed by atoms with Crippen LogP contribution >= 0.6 is 23.4 Å². The average molecular weight is 542 g/mol. The van der Waals surface area contributed by atoms with E-state index in [2.05, 4.69) is 22.4 Å². The minimum absolute atomic E-state index is 0.102. The number of carbonyl (C=O) groups is 1. The lowest BCUT2D eigenvalue weighted by atomic mass is 9.90. The van der Waals surface area contributed by atoms with E-state index in [1.807, 2.05) is 11.0 Å². The SMILES string of the molecule is O=C(CCCC1CCN(C2C=CC(Cl)=CC2)CC1)N1CCC(Nc2ccc(SC(F)(F)F)cc2)CC1. The van der Waals surface area contributed by atoms with E-state index < -0.39 is 5.51 Å². The molecule has 9 heteroatoms. The van der Waals surface area contributed by atoms with Gasteiger partial charge in [-0.25, -0.2) is 0 Å². The number of carbonyl (C=O) groups excluding carboxylic acids is 1. The van der Waals surface area contributed by atoms with Crippen molar-refractivity contribution in [2.24, 2.45) is 5.92 Å². The first-order chi connectivity index (χ1) is 17.2. The monoisotopic (exact) mass is 541 g/mol. The lowest BCUT2D eigenvalue weighted by Gasteiger charge is -2.37. The highest BCUT2D eigenvalue weighted by Gasteiger charge is 2.29. The first-order valence-electron chi connectivity index (χ1n) is 12.9. The molecule has 1 unspecified atom stereocenters. The van der Waals surface area contributed by atoms with Gasteiger partial charge in [0.2, 0.25) is 5.91 Å². The largest absolute Gasteiger partial charge is 0.446 e. The summed E-state index contributed by atoms with van der Waals surface area (Å²) in [7, 11) is 0. The van der Waals surface area contributed by atoms with Gasteiger partial charge in [0.1, 0.15) is 0 Å². The third-order valence-corrected chi connectivity index (χ3v) is 8.48. The summed E-state index contributed by atoms with van der Waals surface area (Å²) in [6, 6.07) is 7.06. The Morgan fingerprint density at radius 1 is 1.06 bits per heavy atom. The summed E-state index contributed by atoms with van der Waals surface area (Å²) < 4.78 is 37.5. The molecule has 1 aliphatic carbocycles. The predicted molar refractivity (Wildman–Crippen MR) is 141 cm³/mol. The number of benzene rings is 1. The molecule has 1 aromatic rings. The number of alkyl halides is 3. The molecule has 1 N–H and O–H groups in total. The van der Waals surface area contributed by atoms with E-state index in [1.54, 1.807) is 12.1 Å². The standard InChI is InChI=1S/C27H35ClF3N3OS/c28-21-4-8-24(9-5-21)33-16-12-20(13-17-33)2-1-3-26(35)34-18-14-23(15-19-34)32-22-6-10-25(11-7-22)36-27(29,30)31/h4-8,10-11,20,23-24,32H,1-3,9,12-19H2. The smallest absolute Gasteiger partial charge is 0.382 e. The first kappa shape index (κ1) is 27.4. The van der Waals surface area contributed by atoms with Crippen LogP contribution in [0.25, 0.3) is 0 Å². The van der Waals surface area contributed by atoms with Crippen LogP contribution < -0.4 is 5.32 Å². The van der Waals surface area contributed by atoms with Crippen LogP contribution in [0.5, 0.6) is 0 Å². The van der Waals surface area contributed by atoms with Gasteiger partial charge in [-0.15, -0.1) is 0 Å². The molecular formula is C27H35ClF3N3OS. The predicted octanol–water partition coefficient (Wildman–Crippen LogP) is 7.03. The van der Waals surface area contributed by atoms with Crippen molar-refractivity contribution in [2.75, 3.05) is 31.5 Å². The third-order valence-electron chi connectivity index (χ3n) is 7.46. The summed E-state index contributed by atoms with van der Waals surface area (Å²) in [5, 5.41) is 4.24. The van der Waals surface area contributed by atoms with Crippen molar-refractivity contribution in [3.63, 3.8) is 0 Å². The lowest BCUT2D eigenvalue weighted by molar-refractivity contribution is -0.132. The van der Waals surface area contributed by atoms with Crippen LogP contribution in [-0.2, 0) is 4.79 Å². The van der Waals surface area contributed by atoms with Gasteiger partial charge in [-0.1, -0.05) is 23.8 Å². The maximum Gasteiger partial charge on any atom is 0.446 e. The molecule has 36 heavy (non-hydrogen) atoms. The van der Waals surface area contributed by atoms with Crippen LogP contribution in [0, 0.1) is 5.92 Å². The Hall–Kier alpha value is -1.64. The zero-order chi connectivity index (χ0) is 25.5. The molecule has 0 aromatic heterocycles. The number of halogens is 4. The maximum atomic E-state index is 12.7. The van der Waals surface area contributed by atoms with Crippen molar-refractivity contribution in [2.45, 2.75) is 73.9 Å².